The first kappa shape index (κ1) is 14.2. The normalized spacial score (nSPS) is 18.5. The molecule has 1 rings (SSSR count). The Kier molecular flexibility index (Phi) is 4.69. The van der Waals surface area contributed by atoms with E-state index in [2.05, 4.69) is 10.2 Å². The Morgan fingerprint density at radius 2 is 1.88 bits per heavy atom. The van der Waals surface area contributed by atoms with Crippen molar-refractivity contribution in [3.63, 3.8) is 0 Å². The molecule has 1 fully saturated rings. The van der Waals surface area contributed by atoms with Crippen LogP contribution in [0.3, 0.4) is 0 Å². The van der Waals surface area contributed by atoms with Crippen LogP contribution in [0.25, 0.3) is 0 Å². The van der Waals surface area contributed by atoms with Gasteiger partial charge in [-0.05, 0) is 40.7 Å². The van der Waals surface area contributed by atoms with Crippen molar-refractivity contribution >= 4 is 11.7 Å². The summed E-state index contributed by atoms with van der Waals surface area (Å²) in [5.41, 5.74) is -0.180. The SMILES string of the molecule is CN(CC(=O)NC(C)(C)C)C1CCC(=O)CC1. The van der Waals surface area contributed by atoms with Gasteiger partial charge in [-0.1, -0.05) is 0 Å². The maximum Gasteiger partial charge on any atom is 0.234 e. The Labute approximate surface area is 104 Å². The topological polar surface area (TPSA) is 49.4 Å². The minimum absolute atomic E-state index is 0.0527. The van der Waals surface area contributed by atoms with Gasteiger partial charge < -0.3 is 5.32 Å². The summed E-state index contributed by atoms with van der Waals surface area (Å²) in [6.07, 6.45) is 3.10. The molecule has 0 aromatic carbocycles. The molecule has 0 atom stereocenters. The Bertz CT molecular complexity index is 284. The molecular weight excluding hydrogens is 216 g/mol. The van der Waals surface area contributed by atoms with Gasteiger partial charge in [0, 0.05) is 24.4 Å². The Balaban J connectivity index is 2.36. The zero-order valence-corrected chi connectivity index (χ0v) is 11.4. The van der Waals surface area contributed by atoms with Gasteiger partial charge in [0.25, 0.3) is 0 Å². The first-order chi connectivity index (χ1) is 7.78. The van der Waals surface area contributed by atoms with E-state index in [-0.39, 0.29) is 11.4 Å². The minimum atomic E-state index is -0.180. The number of hydrogen-bond acceptors (Lipinski definition) is 3. The number of amides is 1. The van der Waals surface area contributed by atoms with Gasteiger partial charge in [-0.25, -0.2) is 0 Å². The van der Waals surface area contributed by atoms with Crippen molar-refractivity contribution in [2.45, 2.75) is 58.0 Å². The standard InChI is InChI=1S/C13H24N2O2/c1-13(2,3)14-12(17)9-15(4)10-5-7-11(16)8-6-10/h10H,5-9H2,1-4H3,(H,14,17). The lowest BCUT2D eigenvalue weighted by atomic mass is 9.93. The summed E-state index contributed by atoms with van der Waals surface area (Å²) in [4.78, 5) is 25.0. The van der Waals surface area contributed by atoms with Crippen molar-refractivity contribution in [3.05, 3.63) is 0 Å². The first-order valence-electron chi connectivity index (χ1n) is 6.31. The number of nitrogens with zero attached hydrogens (tertiary/aromatic N) is 1. The van der Waals surface area contributed by atoms with Crippen LogP contribution >= 0.6 is 0 Å². The van der Waals surface area contributed by atoms with Crippen molar-refractivity contribution in [1.82, 2.24) is 10.2 Å². The number of nitrogens with one attached hydrogen (secondary N) is 1. The highest BCUT2D eigenvalue weighted by molar-refractivity contribution is 5.80. The summed E-state index contributed by atoms with van der Waals surface area (Å²) in [6.45, 7) is 6.34. The molecule has 4 heteroatoms. The van der Waals surface area contributed by atoms with E-state index in [9.17, 15) is 9.59 Å². The van der Waals surface area contributed by atoms with Gasteiger partial charge in [-0.3, -0.25) is 14.5 Å². The van der Waals surface area contributed by atoms with Gasteiger partial charge in [0.15, 0.2) is 0 Å². The van der Waals surface area contributed by atoms with Crippen molar-refractivity contribution in [3.8, 4) is 0 Å². The minimum Gasteiger partial charge on any atom is -0.350 e. The van der Waals surface area contributed by atoms with Crippen LogP contribution in [-0.2, 0) is 9.59 Å². The van der Waals surface area contributed by atoms with E-state index in [4.69, 9.17) is 0 Å². The van der Waals surface area contributed by atoms with Crippen LogP contribution in [0.15, 0.2) is 0 Å². The fraction of sp³-hybridized carbons (Fsp3) is 0.846. The lowest BCUT2D eigenvalue weighted by Crippen LogP contribution is -2.47. The summed E-state index contributed by atoms with van der Waals surface area (Å²) in [5, 5.41) is 2.95. The summed E-state index contributed by atoms with van der Waals surface area (Å²) in [7, 11) is 1.96. The van der Waals surface area contributed by atoms with Crippen LogP contribution in [0, 0.1) is 0 Å². The molecular formula is C13H24N2O2. The number of hydrogen-bond donors (Lipinski definition) is 1. The van der Waals surface area contributed by atoms with Crippen molar-refractivity contribution in [2.24, 2.45) is 0 Å². The van der Waals surface area contributed by atoms with E-state index in [1.807, 2.05) is 27.8 Å². The number of carbonyl (C=O) groups is 2. The smallest absolute Gasteiger partial charge is 0.234 e. The maximum absolute atomic E-state index is 11.8. The van der Waals surface area contributed by atoms with Crippen LogP contribution in [-0.4, -0.2) is 41.8 Å². The Morgan fingerprint density at radius 1 is 1.35 bits per heavy atom. The third-order valence-electron chi connectivity index (χ3n) is 3.04. The fourth-order valence-electron chi connectivity index (χ4n) is 2.18. The second-order valence-corrected chi connectivity index (χ2v) is 5.98. The second-order valence-electron chi connectivity index (χ2n) is 5.98. The monoisotopic (exact) mass is 240 g/mol. The maximum atomic E-state index is 11.8. The number of ketones is 1. The molecule has 0 aromatic rings. The molecule has 1 aliphatic carbocycles. The summed E-state index contributed by atoms with van der Waals surface area (Å²) >= 11 is 0. The van der Waals surface area contributed by atoms with Gasteiger partial charge in [0.05, 0.1) is 6.54 Å². The van der Waals surface area contributed by atoms with Crippen molar-refractivity contribution in [2.75, 3.05) is 13.6 Å². The number of likely N-dealkylation sites (N-methyl/N-ethyl adjacent to an activating group) is 1. The van der Waals surface area contributed by atoms with Crippen molar-refractivity contribution in [1.29, 1.82) is 0 Å². The van der Waals surface area contributed by atoms with Crippen LogP contribution in [0.4, 0.5) is 0 Å². The highest BCUT2D eigenvalue weighted by Crippen LogP contribution is 2.19. The molecule has 0 aromatic heterocycles. The van der Waals surface area contributed by atoms with E-state index < -0.39 is 0 Å². The van der Waals surface area contributed by atoms with Crippen LogP contribution in [0.2, 0.25) is 0 Å². The van der Waals surface area contributed by atoms with Crippen LogP contribution in [0.1, 0.15) is 46.5 Å². The molecule has 4 nitrogen and oxygen atoms in total. The molecule has 0 spiro atoms. The van der Waals surface area contributed by atoms with E-state index in [1.165, 1.54) is 0 Å². The van der Waals surface area contributed by atoms with Gasteiger partial charge in [-0.15, -0.1) is 0 Å². The van der Waals surface area contributed by atoms with E-state index >= 15 is 0 Å². The van der Waals surface area contributed by atoms with E-state index in [0.717, 1.165) is 12.8 Å². The third-order valence-corrected chi connectivity index (χ3v) is 3.04. The molecule has 1 amide bonds. The molecule has 0 bridgehead atoms. The van der Waals surface area contributed by atoms with Crippen LogP contribution < -0.4 is 5.32 Å². The molecule has 0 saturated heterocycles. The predicted molar refractivity (Wildman–Crippen MR) is 67.8 cm³/mol. The van der Waals surface area contributed by atoms with Gasteiger partial charge in [0.1, 0.15) is 5.78 Å². The second kappa shape index (κ2) is 5.63. The lowest BCUT2D eigenvalue weighted by Gasteiger charge is -2.31. The number of Topliss-reactive ketones (excluding diaryl/α,β-unsaturated/α-hetero) is 1. The van der Waals surface area contributed by atoms with Gasteiger partial charge in [0.2, 0.25) is 5.91 Å². The van der Waals surface area contributed by atoms with Gasteiger partial charge in [-0.2, -0.15) is 0 Å². The molecule has 0 radical (unpaired) electrons. The van der Waals surface area contributed by atoms with E-state index in [1.54, 1.807) is 0 Å². The van der Waals surface area contributed by atoms with Crippen molar-refractivity contribution < 1.29 is 9.59 Å². The summed E-state index contributed by atoms with van der Waals surface area (Å²) < 4.78 is 0. The molecule has 0 unspecified atom stereocenters. The highest BCUT2D eigenvalue weighted by atomic mass is 16.2. The summed E-state index contributed by atoms with van der Waals surface area (Å²) in [6, 6.07) is 0.374. The fourth-order valence-corrected chi connectivity index (χ4v) is 2.18. The Morgan fingerprint density at radius 3 is 2.35 bits per heavy atom. The molecule has 0 aliphatic heterocycles. The van der Waals surface area contributed by atoms with Crippen LogP contribution in [0.5, 0.6) is 0 Å². The van der Waals surface area contributed by atoms with Gasteiger partial charge >= 0.3 is 0 Å². The molecule has 1 saturated carbocycles. The quantitative estimate of drug-likeness (QED) is 0.810. The Hall–Kier alpha value is -0.900. The lowest BCUT2D eigenvalue weighted by molar-refractivity contribution is -0.124. The zero-order valence-electron chi connectivity index (χ0n) is 11.4. The molecule has 1 N–H and O–H groups in total. The first-order valence-corrected chi connectivity index (χ1v) is 6.31. The largest absolute Gasteiger partial charge is 0.350 e. The van der Waals surface area contributed by atoms with E-state index in [0.29, 0.717) is 31.2 Å². The zero-order chi connectivity index (χ0) is 13.1. The molecule has 1 aliphatic rings. The number of carbonyl (C=O) groups excluding carboxylic acids is 2. The third kappa shape index (κ3) is 5.31. The average molecular weight is 240 g/mol. The molecule has 98 valence electrons. The summed E-state index contributed by atoms with van der Waals surface area (Å²) in [5.74, 6) is 0.408. The predicted octanol–water partition coefficient (Wildman–Crippen LogP) is 1.34. The average Bonchev–Trinajstić information content (AvgIpc) is 2.15. The highest BCUT2D eigenvalue weighted by Gasteiger charge is 2.24. The molecule has 17 heavy (non-hydrogen) atoms. The molecule has 0 heterocycles. The number of rotatable bonds is 3.